The van der Waals surface area contributed by atoms with Gasteiger partial charge in [-0.05, 0) is 25.7 Å². The normalized spacial score (nSPS) is 17.9. The van der Waals surface area contributed by atoms with Crippen molar-refractivity contribution < 1.29 is 9.53 Å². The van der Waals surface area contributed by atoms with Gasteiger partial charge in [0.05, 0.1) is 11.4 Å². The van der Waals surface area contributed by atoms with Gasteiger partial charge in [0.15, 0.2) is 0 Å². The van der Waals surface area contributed by atoms with E-state index >= 15 is 0 Å². The Labute approximate surface area is 93.9 Å². The molecule has 1 saturated carbocycles. The minimum atomic E-state index is -0.101. The molecule has 1 atom stereocenters. The molecule has 0 aliphatic heterocycles. The number of amides is 1. The first kappa shape index (κ1) is 12.0. The standard InChI is InChI=1S/C10H18BrNO2/c1-8(11)10(13)12(2)5-6-14-7-9-3-4-9/h8-9H,3-7H2,1-2H3. The van der Waals surface area contributed by atoms with Gasteiger partial charge < -0.3 is 9.64 Å². The van der Waals surface area contributed by atoms with E-state index in [9.17, 15) is 4.79 Å². The Hall–Kier alpha value is -0.0900. The zero-order valence-corrected chi connectivity index (χ0v) is 10.4. The molecule has 14 heavy (non-hydrogen) atoms. The summed E-state index contributed by atoms with van der Waals surface area (Å²) in [6.07, 6.45) is 2.63. The highest BCUT2D eigenvalue weighted by atomic mass is 79.9. The third-order valence-corrected chi connectivity index (χ3v) is 2.73. The number of alkyl halides is 1. The largest absolute Gasteiger partial charge is 0.379 e. The Bertz CT molecular complexity index is 193. The summed E-state index contributed by atoms with van der Waals surface area (Å²) in [5, 5.41) is 0. The number of ether oxygens (including phenoxy) is 1. The van der Waals surface area contributed by atoms with Gasteiger partial charge in [-0.3, -0.25) is 4.79 Å². The fourth-order valence-electron chi connectivity index (χ4n) is 1.15. The number of halogens is 1. The maximum absolute atomic E-state index is 11.4. The molecule has 1 aliphatic carbocycles. The molecule has 0 radical (unpaired) electrons. The molecule has 1 aliphatic rings. The van der Waals surface area contributed by atoms with Crippen LogP contribution in [0.2, 0.25) is 0 Å². The highest BCUT2D eigenvalue weighted by Crippen LogP contribution is 2.28. The lowest BCUT2D eigenvalue weighted by molar-refractivity contribution is -0.129. The van der Waals surface area contributed by atoms with E-state index in [0.29, 0.717) is 13.2 Å². The minimum absolute atomic E-state index is 0.101. The van der Waals surface area contributed by atoms with Crippen molar-refractivity contribution in [2.24, 2.45) is 5.92 Å². The third kappa shape index (κ3) is 4.42. The van der Waals surface area contributed by atoms with E-state index in [1.165, 1.54) is 12.8 Å². The average molecular weight is 264 g/mol. The van der Waals surface area contributed by atoms with Crippen LogP contribution in [0.5, 0.6) is 0 Å². The molecule has 0 spiro atoms. The van der Waals surface area contributed by atoms with E-state index in [-0.39, 0.29) is 10.7 Å². The van der Waals surface area contributed by atoms with E-state index in [0.717, 1.165) is 12.5 Å². The smallest absolute Gasteiger partial charge is 0.235 e. The number of carbonyl (C=O) groups is 1. The topological polar surface area (TPSA) is 29.5 Å². The molecule has 82 valence electrons. The van der Waals surface area contributed by atoms with Crippen LogP contribution in [0.15, 0.2) is 0 Å². The van der Waals surface area contributed by atoms with Crippen LogP contribution in [0.1, 0.15) is 19.8 Å². The first-order valence-electron chi connectivity index (χ1n) is 5.08. The highest BCUT2D eigenvalue weighted by molar-refractivity contribution is 9.10. The summed E-state index contributed by atoms with van der Waals surface area (Å²) in [6.45, 7) is 4.04. The van der Waals surface area contributed by atoms with Gasteiger partial charge in [0.25, 0.3) is 0 Å². The summed E-state index contributed by atoms with van der Waals surface area (Å²) in [5.74, 6) is 0.908. The van der Waals surface area contributed by atoms with Gasteiger partial charge >= 0.3 is 0 Å². The summed E-state index contributed by atoms with van der Waals surface area (Å²) in [7, 11) is 1.81. The predicted molar refractivity (Wildman–Crippen MR) is 59.6 cm³/mol. The Morgan fingerprint density at radius 2 is 2.29 bits per heavy atom. The summed E-state index contributed by atoms with van der Waals surface area (Å²) >= 11 is 3.25. The van der Waals surface area contributed by atoms with E-state index in [2.05, 4.69) is 15.9 Å². The average Bonchev–Trinajstić information content (AvgIpc) is 2.94. The fraction of sp³-hybridized carbons (Fsp3) is 0.900. The van der Waals surface area contributed by atoms with Crippen LogP contribution in [-0.4, -0.2) is 42.4 Å². The lowest BCUT2D eigenvalue weighted by atomic mass is 10.4. The maximum Gasteiger partial charge on any atom is 0.235 e. The zero-order chi connectivity index (χ0) is 10.6. The van der Waals surface area contributed by atoms with Crippen LogP contribution in [-0.2, 0) is 9.53 Å². The van der Waals surface area contributed by atoms with Gasteiger partial charge in [-0.1, -0.05) is 15.9 Å². The number of carbonyl (C=O) groups excluding carboxylic acids is 1. The molecule has 0 aromatic carbocycles. The summed E-state index contributed by atoms with van der Waals surface area (Å²) in [4.78, 5) is 13.0. The number of nitrogens with zero attached hydrogens (tertiary/aromatic N) is 1. The number of hydrogen-bond donors (Lipinski definition) is 0. The van der Waals surface area contributed by atoms with Gasteiger partial charge in [-0.15, -0.1) is 0 Å². The second kappa shape index (κ2) is 5.71. The van der Waals surface area contributed by atoms with Crippen molar-refractivity contribution in [3.8, 4) is 0 Å². The quantitative estimate of drug-likeness (QED) is 0.539. The van der Waals surface area contributed by atoms with Crippen molar-refractivity contribution in [1.29, 1.82) is 0 Å². The molecule has 0 aromatic heterocycles. The lowest BCUT2D eigenvalue weighted by Gasteiger charge is -2.18. The molecule has 0 N–H and O–H groups in total. The van der Waals surface area contributed by atoms with Crippen LogP contribution in [0.25, 0.3) is 0 Å². The van der Waals surface area contributed by atoms with Gasteiger partial charge in [0, 0.05) is 20.2 Å². The summed E-state index contributed by atoms with van der Waals surface area (Å²) in [5.41, 5.74) is 0. The predicted octanol–water partition coefficient (Wildman–Crippen LogP) is 1.65. The van der Waals surface area contributed by atoms with Crippen molar-refractivity contribution in [2.45, 2.75) is 24.6 Å². The zero-order valence-electron chi connectivity index (χ0n) is 8.83. The molecule has 0 saturated heterocycles. The van der Waals surface area contributed by atoms with Gasteiger partial charge in [0.2, 0.25) is 5.91 Å². The second-order valence-corrected chi connectivity index (χ2v) is 5.27. The van der Waals surface area contributed by atoms with Crippen molar-refractivity contribution >= 4 is 21.8 Å². The Morgan fingerprint density at radius 3 is 2.79 bits per heavy atom. The Morgan fingerprint density at radius 1 is 1.64 bits per heavy atom. The van der Waals surface area contributed by atoms with Gasteiger partial charge in [-0.25, -0.2) is 0 Å². The van der Waals surface area contributed by atoms with Gasteiger partial charge in [0.1, 0.15) is 0 Å². The van der Waals surface area contributed by atoms with Crippen molar-refractivity contribution in [3.63, 3.8) is 0 Å². The summed E-state index contributed by atoms with van der Waals surface area (Å²) < 4.78 is 5.45. The molecule has 1 rings (SSSR count). The number of hydrogen-bond acceptors (Lipinski definition) is 2. The molecule has 0 heterocycles. The van der Waals surface area contributed by atoms with E-state index in [4.69, 9.17) is 4.74 Å². The lowest BCUT2D eigenvalue weighted by Crippen LogP contribution is -2.34. The molecule has 1 unspecified atom stereocenters. The van der Waals surface area contributed by atoms with E-state index < -0.39 is 0 Å². The Balaban J connectivity index is 2.01. The maximum atomic E-state index is 11.4. The number of rotatable bonds is 6. The highest BCUT2D eigenvalue weighted by Gasteiger charge is 2.21. The van der Waals surface area contributed by atoms with Crippen LogP contribution in [0.4, 0.5) is 0 Å². The molecule has 4 heteroatoms. The van der Waals surface area contributed by atoms with E-state index in [1.807, 2.05) is 6.92 Å². The van der Waals surface area contributed by atoms with Crippen molar-refractivity contribution in [1.82, 2.24) is 4.90 Å². The second-order valence-electron chi connectivity index (χ2n) is 3.89. The van der Waals surface area contributed by atoms with E-state index in [1.54, 1.807) is 11.9 Å². The monoisotopic (exact) mass is 263 g/mol. The van der Waals surface area contributed by atoms with Crippen LogP contribution in [0, 0.1) is 5.92 Å². The van der Waals surface area contributed by atoms with Gasteiger partial charge in [-0.2, -0.15) is 0 Å². The Kier molecular flexibility index (Phi) is 4.89. The fourth-order valence-corrected chi connectivity index (χ4v) is 1.50. The van der Waals surface area contributed by atoms with Crippen molar-refractivity contribution in [3.05, 3.63) is 0 Å². The SMILES string of the molecule is CC(Br)C(=O)N(C)CCOCC1CC1. The molecule has 1 fully saturated rings. The first-order valence-corrected chi connectivity index (χ1v) is 5.99. The first-order chi connectivity index (χ1) is 6.61. The minimum Gasteiger partial charge on any atom is -0.379 e. The van der Waals surface area contributed by atoms with Crippen molar-refractivity contribution in [2.75, 3.05) is 26.8 Å². The molecule has 1 amide bonds. The van der Waals surface area contributed by atoms with Crippen LogP contribution >= 0.6 is 15.9 Å². The molecular formula is C10H18BrNO2. The summed E-state index contributed by atoms with van der Waals surface area (Å²) in [6, 6.07) is 0. The van der Waals surface area contributed by atoms with Crippen LogP contribution in [0.3, 0.4) is 0 Å². The molecule has 0 bridgehead atoms. The van der Waals surface area contributed by atoms with Crippen LogP contribution < -0.4 is 0 Å². The number of likely N-dealkylation sites (N-methyl/N-ethyl adjacent to an activating group) is 1. The third-order valence-electron chi connectivity index (χ3n) is 2.34. The molecular weight excluding hydrogens is 246 g/mol. The molecule has 0 aromatic rings. The molecule has 3 nitrogen and oxygen atoms in total.